The molecule has 1 heterocycles. The van der Waals surface area contributed by atoms with Crippen LogP contribution < -0.4 is 10.1 Å². The molecule has 28 heavy (non-hydrogen) atoms. The molecule has 0 aliphatic carbocycles. The highest BCUT2D eigenvalue weighted by Gasteiger charge is 2.32. The number of carbonyl (C=O) groups excluding carboxylic acids is 1. The van der Waals surface area contributed by atoms with Crippen molar-refractivity contribution in [3.05, 3.63) is 60.2 Å². The smallest absolute Gasteiger partial charge is 0.246 e. The van der Waals surface area contributed by atoms with E-state index in [1.807, 2.05) is 60.4 Å². The molecule has 150 valence electrons. The van der Waals surface area contributed by atoms with E-state index in [0.717, 1.165) is 12.0 Å². The Kier molecular flexibility index (Phi) is 6.70. The summed E-state index contributed by atoms with van der Waals surface area (Å²) < 4.78 is 29.2. The van der Waals surface area contributed by atoms with Crippen molar-refractivity contribution in [1.29, 1.82) is 0 Å². The summed E-state index contributed by atoms with van der Waals surface area (Å²) in [5, 5.41) is 2.97. The Morgan fingerprint density at radius 1 is 1.11 bits per heavy atom. The van der Waals surface area contributed by atoms with E-state index in [1.165, 1.54) is 0 Å². The van der Waals surface area contributed by atoms with Crippen LogP contribution in [0.15, 0.2) is 54.6 Å². The van der Waals surface area contributed by atoms with Gasteiger partial charge in [0, 0.05) is 24.8 Å². The average molecular weight is 403 g/mol. The molecular formula is C21H26N2O4S. The Hall–Kier alpha value is -2.38. The van der Waals surface area contributed by atoms with Gasteiger partial charge in [0.2, 0.25) is 5.91 Å². The molecular weight excluding hydrogens is 376 g/mol. The third kappa shape index (κ3) is 5.33. The molecule has 2 aromatic carbocycles. The van der Waals surface area contributed by atoms with Gasteiger partial charge in [-0.3, -0.25) is 9.69 Å². The highest BCUT2D eigenvalue weighted by atomic mass is 32.2. The first kappa shape index (κ1) is 20.4. The second-order valence-electron chi connectivity index (χ2n) is 6.87. The number of carbonyl (C=O) groups is 1. The number of hydrogen-bond donors (Lipinski definition) is 1. The van der Waals surface area contributed by atoms with Gasteiger partial charge in [0.25, 0.3) is 0 Å². The molecule has 1 saturated heterocycles. The maximum Gasteiger partial charge on any atom is 0.246 e. The van der Waals surface area contributed by atoms with Crippen LogP contribution in [0.2, 0.25) is 0 Å². The number of benzene rings is 2. The van der Waals surface area contributed by atoms with Crippen molar-refractivity contribution >= 4 is 21.4 Å². The summed E-state index contributed by atoms with van der Waals surface area (Å²) in [4.78, 5) is 15.1. The molecule has 0 radical (unpaired) electrons. The minimum Gasteiger partial charge on any atom is -0.494 e. The Bertz CT molecular complexity index is 886. The summed E-state index contributed by atoms with van der Waals surface area (Å²) in [6, 6.07) is 16.2. The van der Waals surface area contributed by atoms with Gasteiger partial charge in [-0.15, -0.1) is 0 Å². The molecule has 1 amide bonds. The molecule has 0 spiro atoms. The minimum absolute atomic E-state index is 0.0734. The third-order valence-electron chi connectivity index (χ3n) is 4.68. The number of amides is 1. The Morgan fingerprint density at radius 3 is 2.50 bits per heavy atom. The predicted molar refractivity (Wildman–Crippen MR) is 110 cm³/mol. The molecule has 1 fully saturated rings. The molecule has 1 atom stereocenters. The summed E-state index contributed by atoms with van der Waals surface area (Å²) in [6.07, 6.45) is 0.907. The van der Waals surface area contributed by atoms with Crippen molar-refractivity contribution in [3.63, 3.8) is 0 Å². The molecule has 1 aliphatic heterocycles. The summed E-state index contributed by atoms with van der Waals surface area (Å²) >= 11 is 0. The van der Waals surface area contributed by atoms with Crippen LogP contribution in [-0.2, 0) is 14.6 Å². The lowest BCUT2D eigenvalue weighted by molar-refractivity contribution is -0.121. The first-order valence-electron chi connectivity index (χ1n) is 9.51. The van der Waals surface area contributed by atoms with Crippen LogP contribution >= 0.6 is 0 Å². The molecule has 1 N–H and O–H groups in total. The lowest BCUT2D eigenvalue weighted by Crippen LogP contribution is -2.46. The fraction of sp³-hybridized carbons (Fsp3) is 0.381. The van der Waals surface area contributed by atoms with Crippen molar-refractivity contribution in [2.45, 2.75) is 19.4 Å². The minimum atomic E-state index is -3.02. The van der Waals surface area contributed by atoms with Crippen molar-refractivity contribution in [2.75, 3.05) is 36.5 Å². The zero-order valence-corrected chi connectivity index (χ0v) is 16.8. The number of sulfone groups is 1. The number of hydrogen-bond acceptors (Lipinski definition) is 5. The third-order valence-corrected chi connectivity index (χ3v) is 6.29. The maximum atomic E-state index is 13.2. The van der Waals surface area contributed by atoms with Crippen LogP contribution in [0, 0.1) is 0 Å². The molecule has 2 aromatic rings. The van der Waals surface area contributed by atoms with Crippen LogP contribution in [0.3, 0.4) is 0 Å². The zero-order chi connectivity index (χ0) is 20.0. The summed E-state index contributed by atoms with van der Waals surface area (Å²) in [7, 11) is -3.02. The number of ether oxygens (including phenoxy) is 1. The maximum absolute atomic E-state index is 13.2. The van der Waals surface area contributed by atoms with Gasteiger partial charge in [0.15, 0.2) is 9.84 Å². The summed E-state index contributed by atoms with van der Waals surface area (Å²) in [6.45, 7) is 3.34. The van der Waals surface area contributed by atoms with Crippen molar-refractivity contribution in [2.24, 2.45) is 0 Å². The molecule has 1 aliphatic rings. The van der Waals surface area contributed by atoms with Gasteiger partial charge < -0.3 is 10.1 Å². The number of rotatable bonds is 7. The van der Waals surface area contributed by atoms with Gasteiger partial charge in [0.1, 0.15) is 11.8 Å². The lowest BCUT2D eigenvalue weighted by atomic mass is 10.0. The van der Waals surface area contributed by atoms with E-state index in [1.54, 1.807) is 6.07 Å². The van der Waals surface area contributed by atoms with E-state index < -0.39 is 15.9 Å². The van der Waals surface area contributed by atoms with Crippen LogP contribution in [0.1, 0.15) is 24.9 Å². The monoisotopic (exact) mass is 402 g/mol. The van der Waals surface area contributed by atoms with E-state index >= 15 is 0 Å². The topological polar surface area (TPSA) is 75.7 Å². The first-order valence-corrected chi connectivity index (χ1v) is 11.3. The zero-order valence-electron chi connectivity index (χ0n) is 16.0. The molecule has 0 bridgehead atoms. The van der Waals surface area contributed by atoms with E-state index in [4.69, 9.17) is 4.74 Å². The highest BCUT2D eigenvalue weighted by molar-refractivity contribution is 7.91. The number of nitrogens with zero attached hydrogens (tertiary/aromatic N) is 1. The second-order valence-corrected chi connectivity index (χ2v) is 9.17. The normalized spacial score (nSPS) is 17.6. The van der Waals surface area contributed by atoms with E-state index in [2.05, 4.69) is 5.32 Å². The van der Waals surface area contributed by atoms with Crippen molar-refractivity contribution in [1.82, 2.24) is 4.90 Å². The van der Waals surface area contributed by atoms with Gasteiger partial charge >= 0.3 is 0 Å². The Labute approximate surface area is 166 Å². The second kappa shape index (κ2) is 9.21. The quantitative estimate of drug-likeness (QED) is 0.771. The van der Waals surface area contributed by atoms with E-state index in [0.29, 0.717) is 31.1 Å². The van der Waals surface area contributed by atoms with Gasteiger partial charge in [-0.05, 0) is 24.1 Å². The summed E-state index contributed by atoms with van der Waals surface area (Å²) in [5.74, 6) is 0.673. The molecule has 6 nitrogen and oxygen atoms in total. The van der Waals surface area contributed by atoms with Gasteiger partial charge in [0.05, 0.1) is 18.1 Å². The number of nitrogens with one attached hydrogen (secondary N) is 1. The summed E-state index contributed by atoms with van der Waals surface area (Å²) in [5.41, 5.74) is 1.50. The van der Waals surface area contributed by atoms with Crippen molar-refractivity contribution < 1.29 is 17.9 Å². The molecule has 1 unspecified atom stereocenters. The van der Waals surface area contributed by atoms with Crippen LogP contribution in [-0.4, -0.2) is 50.4 Å². The van der Waals surface area contributed by atoms with E-state index in [-0.39, 0.29) is 17.4 Å². The van der Waals surface area contributed by atoms with E-state index in [9.17, 15) is 13.2 Å². The molecule has 7 heteroatoms. The average Bonchev–Trinajstić information content (AvgIpc) is 2.69. The Balaban J connectivity index is 1.79. The fourth-order valence-corrected chi connectivity index (χ4v) is 4.47. The first-order chi connectivity index (χ1) is 13.5. The molecule has 0 saturated carbocycles. The highest BCUT2D eigenvalue weighted by Crippen LogP contribution is 2.26. The van der Waals surface area contributed by atoms with Crippen molar-refractivity contribution in [3.8, 4) is 5.75 Å². The van der Waals surface area contributed by atoms with Crippen LogP contribution in [0.4, 0.5) is 5.69 Å². The Morgan fingerprint density at radius 2 is 1.82 bits per heavy atom. The van der Waals surface area contributed by atoms with Crippen LogP contribution in [0.25, 0.3) is 0 Å². The lowest BCUT2D eigenvalue weighted by Gasteiger charge is -2.33. The largest absolute Gasteiger partial charge is 0.494 e. The van der Waals surface area contributed by atoms with Gasteiger partial charge in [-0.25, -0.2) is 8.42 Å². The fourth-order valence-electron chi connectivity index (χ4n) is 3.24. The molecule has 0 aromatic heterocycles. The van der Waals surface area contributed by atoms with Gasteiger partial charge in [-0.2, -0.15) is 0 Å². The molecule has 3 rings (SSSR count). The number of anilines is 1. The van der Waals surface area contributed by atoms with Crippen LogP contribution in [0.5, 0.6) is 5.75 Å². The SMILES string of the molecule is CCCOc1cccc(NC(=O)C(c2ccccc2)N2CCS(=O)(=O)CC2)c1. The standard InChI is InChI=1S/C21H26N2O4S/c1-2-13-27-19-10-6-9-18(16-19)22-21(24)20(17-7-4-3-5-8-17)23-11-14-28(25,26)15-12-23/h3-10,16,20H,2,11-15H2,1H3,(H,22,24). The van der Waals surface area contributed by atoms with Gasteiger partial charge in [-0.1, -0.05) is 43.3 Å². The predicted octanol–water partition coefficient (Wildman–Crippen LogP) is 2.89.